The Kier molecular flexibility index (Phi) is 6.71. The van der Waals surface area contributed by atoms with Gasteiger partial charge in [-0.1, -0.05) is 12.8 Å². The van der Waals surface area contributed by atoms with E-state index in [1.807, 2.05) is 32.0 Å². The Bertz CT molecular complexity index is 519. The van der Waals surface area contributed by atoms with Crippen molar-refractivity contribution in [3.05, 3.63) is 18.2 Å². The Balaban J connectivity index is 2.04. The van der Waals surface area contributed by atoms with Crippen molar-refractivity contribution < 1.29 is 14.3 Å². The second-order valence-electron chi connectivity index (χ2n) is 5.98. The maximum Gasteiger partial charge on any atom is 0.224 e. The number of hydrogen-bond donors (Lipinski definition) is 2. The van der Waals surface area contributed by atoms with Crippen LogP contribution in [0.3, 0.4) is 0 Å². The van der Waals surface area contributed by atoms with Gasteiger partial charge in [-0.15, -0.1) is 0 Å². The molecule has 23 heavy (non-hydrogen) atoms. The van der Waals surface area contributed by atoms with Crippen LogP contribution < -0.4 is 20.5 Å². The second kappa shape index (κ2) is 8.77. The molecule has 0 heterocycles. The van der Waals surface area contributed by atoms with E-state index in [9.17, 15) is 4.79 Å². The quantitative estimate of drug-likeness (QED) is 0.808. The number of ether oxygens (including phenoxy) is 2. The Labute approximate surface area is 138 Å². The number of carbonyl (C=O) groups excluding carboxylic acids is 1. The number of hydrogen-bond acceptors (Lipinski definition) is 4. The molecule has 1 aromatic carbocycles. The fraction of sp³-hybridized carbons (Fsp3) is 0.611. The molecular formula is C18H28N2O3. The first kappa shape index (κ1) is 17.6. The zero-order valence-corrected chi connectivity index (χ0v) is 14.1. The van der Waals surface area contributed by atoms with Crippen LogP contribution >= 0.6 is 0 Å². The van der Waals surface area contributed by atoms with Crippen LogP contribution in [0.15, 0.2) is 18.2 Å². The highest BCUT2D eigenvalue weighted by molar-refractivity contribution is 5.92. The molecule has 1 amide bonds. The molecule has 0 radical (unpaired) electrons. The fourth-order valence-corrected chi connectivity index (χ4v) is 3.07. The number of amides is 1. The number of carbonyl (C=O) groups is 1. The topological polar surface area (TPSA) is 73.6 Å². The standard InChI is InChI=1S/C18H28N2O3/c1-3-22-14-9-10-17(23-4-2)16(12-14)20-18(21)11-13-7-5-6-8-15(13)19/h9-10,12-13,15H,3-8,11,19H2,1-2H3,(H,20,21). The number of benzene rings is 1. The van der Waals surface area contributed by atoms with Crippen LogP contribution in [0.5, 0.6) is 11.5 Å². The van der Waals surface area contributed by atoms with Gasteiger partial charge in [-0.2, -0.15) is 0 Å². The van der Waals surface area contributed by atoms with Crippen molar-refractivity contribution in [2.75, 3.05) is 18.5 Å². The van der Waals surface area contributed by atoms with E-state index < -0.39 is 0 Å². The van der Waals surface area contributed by atoms with Gasteiger partial charge in [0.25, 0.3) is 0 Å². The fourth-order valence-electron chi connectivity index (χ4n) is 3.07. The van der Waals surface area contributed by atoms with Gasteiger partial charge in [0.1, 0.15) is 11.5 Å². The van der Waals surface area contributed by atoms with Crippen molar-refractivity contribution in [1.82, 2.24) is 0 Å². The zero-order valence-electron chi connectivity index (χ0n) is 14.1. The van der Waals surface area contributed by atoms with Crippen LogP contribution in [0.25, 0.3) is 0 Å². The summed E-state index contributed by atoms with van der Waals surface area (Å²) in [5.41, 5.74) is 6.80. The maximum atomic E-state index is 12.4. The van der Waals surface area contributed by atoms with Gasteiger partial charge in [0, 0.05) is 18.5 Å². The average molecular weight is 320 g/mol. The Morgan fingerprint density at radius 1 is 1.22 bits per heavy atom. The smallest absolute Gasteiger partial charge is 0.224 e. The van der Waals surface area contributed by atoms with Crippen molar-refractivity contribution in [2.45, 2.75) is 52.0 Å². The summed E-state index contributed by atoms with van der Waals surface area (Å²) in [5, 5.41) is 2.96. The molecular weight excluding hydrogens is 292 g/mol. The van der Waals surface area contributed by atoms with E-state index in [-0.39, 0.29) is 17.9 Å². The molecule has 0 aromatic heterocycles. The van der Waals surface area contributed by atoms with Crippen molar-refractivity contribution in [3.63, 3.8) is 0 Å². The van der Waals surface area contributed by atoms with Gasteiger partial charge in [0.05, 0.1) is 18.9 Å². The van der Waals surface area contributed by atoms with Gasteiger partial charge >= 0.3 is 0 Å². The number of nitrogens with two attached hydrogens (primary N) is 1. The minimum Gasteiger partial charge on any atom is -0.494 e. The van der Waals surface area contributed by atoms with Crippen molar-refractivity contribution in [3.8, 4) is 11.5 Å². The van der Waals surface area contributed by atoms with Crippen LogP contribution in [-0.2, 0) is 4.79 Å². The zero-order chi connectivity index (χ0) is 16.7. The first-order valence-electron chi connectivity index (χ1n) is 8.59. The molecule has 1 aromatic rings. The van der Waals surface area contributed by atoms with Crippen LogP contribution in [0.2, 0.25) is 0 Å². The van der Waals surface area contributed by atoms with E-state index >= 15 is 0 Å². The van der Waals surface area contributed by atoms with E-state index in [2.05, 4.69) is 5.32 Å². The normalized spacial score (nSPS) is 20.8. The average Bonchev–Trinajstić information content (AvgIpc) is 2.52. The molecule has 1 aliphatic rings. The molecule has 2 rings (SSSR count). The van der Waals surface area contributed by atoms with Crippen LogP contribution in [0.4, 0.5) is 5.69 Å². The highest BCUT2D eigenvalue weighted by atomic mass is 16.5. The lowest BCUT2D eigenvalue weighted by Gasteiger charge is -2.28. The first-order valence-corrected chi connectivity index (χ1v) is 8.59. The molecule has 3 N–H and O–H groups in total. The minimum atomic E-state index is -0.0121. The summed E-state index contributed by atoms with van der Waals surface area (Å²) >= 11 is 0. The molecule has 5 heteroatoms. The molecule has 1 fully saturated rings. The van der Waals surface area contributed by atoms with Crippen molar-refractivity contribution in [1.29, 1.82) is 0 Å². The molecule has 1 saturated carbocycles. The Hall–Kier alpha value is -1.75. The molecule has 5 nitrogen and oxygen atoms in total. The maximum absolute atomic E-state index is 12.4. The second-order valence-corrected chi connectivity index (χ2v) is 5.98. The van der Waals surface area contributed by atoms with Gasteiger partial charge < -0.3 is 20.5 Å². The molecule has 0 bridgehead atoms. The van der Waals surface area contributed by atoms with Gasteiger partial charge in [-0.05, 0) is 44.7 Å². The van der Waals surface area contributed by atoms with Gasteiger partial charge in [0.2, 0.25) is 5.91 Å². The Morgan fingerprint density at radius 2 is 1.96 bits per heavy atom. The summed E-state index contributed by atoms with van der Waals surface area (Å²) in [4.78, 5) is 12.4. The van der Waals surface area contributed by atoms with E-state index in [1.165, 1.54) is 6.42 Å². The molecule has 0 spiro atoms. The predicted molar refractivity (Wildman–Crippen MR) is 92.0 cm³/mol. The molecule has 2 unspecified atom stereocenters. The lowest BCUT2D eigenvalue weighted by molar-refractivity contribution is -0.117. The van der Waals surface area contributed by atoms with Crippen LogP contribution in [0, 0.1) is 5.92 Å². The summed E-state index contributed by atoms with van der Waals surface area (Å²) in [6, 6.07) is 5.63. The third-order valence-electron chi connectivity index (χ3n) is 4.25. The largest absolute Gasteiger partial charge is 0.494 e. The Morgan fingerprint density at radius 3 is 2.65 bits per heavy atom. The van der Waals surface area contributed by atoms with E-state index in [4.69, 9.17) is 15.2 Å². The van der Waals surface area contributed by atoms with E-state index in [0.29, 0.717) is 31.1 Å². The molecule has 2 atom stereocenters. The lowest BCUT2D eigenvalue weighted by Crippen LogP contribution is -2.35. The monoisotopic (exact) mass is 320 g/mol. The molecule has 0 aliphatic heterocycles. The van der Waals surface area contributed by atoms with Gasteiger partial charge in [-0.25, -0.2) is 0 Å². The molecule has 0 saturated heterocycles. The predicted octanol–water partition coefficient (Wildman–Crippen LogP) is 3.33. The van der Waals surface area contributed by atoms with E-state index in [1.54, 1.807) is 0 Å². The highest BCUT2D eigenvalue weighted by Gasteiger charge is 2.24. The summed E-state index contributed by atoms with van der Waals surface area (Å²) in [6.07, 6.45) is 4.85. The van der Waals surface area contributed by atoms with Gasteiger partial charge in [0.15, 0.2) is 0 Å². The van der Waals surface area contributed by atoms with Crippen LogP contribution in [-0.4, -0.2) is 25.2 Å². The van der Waals surface area contributed by atoms with Crippen LogP contribution in [0.1, 0.15) is 46.0 Å². The third-order valence-corrected chi connectivity index (χ3v) is 4.25. The highest BCUT2D eigenvalue weighted by Crippen LogP contribution is 2.31. The summed E-state index contributed by atoms with van der Waals surface area (Å²) < 4.78 is 11.1. The molecule has 128 valence electrons. The lowest BCUT2D eigenvalue weighted by atomic mass is 9.83. The number of nitrogens with one attached hydrogen (secondary N) is 1. The summed E-state index contributed by atoms with van der Waals surface area (Å²) in [5.74, 6) is 1.65. The first-order chi connectivity index (χ1) is 11.1. The van der Waals surface area contributed by atoms with Crippen molar-refractivity contribution >= 4 is 11.6 Å². The summed E-state index contributed by atoms with van der Waals surface area (Å²) in [6.45, 7) is 4.98. The summed E-state index contributed by atoms with van der Waals surface area (Å²) in [7, 11) is 0. The minimum absolute atomic E-state index is 0.0121. The SMILES string of the molecule is CCOc1ccc(OCC)c(NC(=O)CC2CCCCC2N)c1. The molecule has 1 aliphatic carbocycles. The number of anilines is 1. The van der Waals surface area contributed by atoms with E-state index in [0.717, 1.165) is 25.0 Å². The van der Waals surface area contributed by atoms with Gasteiger partial charge in [-0.3, -0.25) is 4.79 Å². The third kappa shape index (κ3) is 5.13. The van der Waals surface area contributed by atoms with Crippen molar-refractivity contribution in [2.24, 2.45) is 11.7 Å². The number of rotatable bonds is 7.